The van der Waals surface area contributed by atoms with Gasteiger partial charge in [0.15, 0.2) is 0 Å². The van der Waals surface area contributed by atoms with Gasteiger partial charge in [-0.05, 0) is 17.7 Å². The SMILES string of the molecule is C=CCNC(C#N)c1cccc(Cl)c1. The van der Waals surface area contributed by atoms with Gasteiger partial charge in [-0.25, -0.2) is 0 Å². The van der Waals surface area contributed by atoms with Gasteiger partial charge in [-0.3, -0.25) is 5.32 Å². The largest absolute Gasteiger partial charge is 0.295 e. The number of benzene rings is 1. The minimum Gasteiger partial charge on any atom is -0.295 e. The minimum absolute atomic E-state index is 0.327. The predicted molar refractivity (Wildman–Crippen MR) is 58.0 cm³/mol. The van der Waals surface area contributed by atoms with E-state index in [1.165, 1.54) is 0 Å². The molecule has 0 fully saturated rings. The third-order valence-corrected chi connectivity index (χ3v) is 2.01. The summed E-state index contributed by atoms with van der Waals surface area (Å²) in [5.41, 5.74) is 0.877. The average Bonchev–Trinajstić information content (AvgIpc) is 2.19. The fourth-order valence-electron chi connectivity index (χ4n) is 1.13. The Kier molecular flexibility index (Phi) is 4.18. The van der Waals surface area contributed by atoms with Gasteiger partial charge in [-0.15, -0.1) is 6.58 Å². The molecule has 1 atom stereocenters. The molecule has 1 rings (SSSR count). The van der Waals surface area contributed by atoms with Crippen LogP contribution in [0.25, 0.3) is 0 Å². The maximum absolute atomic E-state index is 8.91. The normalized spacial score (nSPS) is 11.7. The lowest BCUT2D eigenvalue weighted by molar-refractivity contribution is 0.683. The number of hydrogen-bond acceptors (Lipinski definition) is 2. The van der Waals surface area contributed by atoms with Gasteiger partial charge in [0.25, 0.3) is 0 Å². The third kappa shape index (κ3) is 2.88. The van der Waals surface area contributed by atoms with Crippen LogP contribution < -0.4 is 5.32 Å². The van der Waals surface area contributed by atoms with Crippen molar-refractivity contribution in [3.8, 4) is 6.07 Å². The molecule has 2 nitrogen and oxygen atoms in total. The minimum atomic E-state index is -0.327. The summed E-state index contributed by atoms with van der Waals surface area (Å²) < 4.78 is 0. The second kappa shape index (κ2) is 5.43. The number of nitrogens with one attached hydrogen (secondary N) is 1. The quantitative estimate of drug-likeness (QED) is 0.769. The van der Waals surface area contributed by atoms with Gasteiger partial charge in [-0.2, -0.15) is 5.26 Å². The predicted octanol–water partition coefficient (Wildman–Crippen LogP) is 2.68. The Morgan fingerprint density at radius 1 is 1.64 bits per heavy atom. The summed E-state index contributed by atoms with van der Waals surface area (Å²) in [6.07, 6.45) is 1.72. The van der Waals surface area contributed by atoms with Gasteiger partial charge >= 0.3 is 0 Å². The molecule has 1 N–H and O–H groups in total. The van der Waals surface area contributed by atoms with Crippen LogP contribution in [0.1, 0.15) is 11.6 Å². The van der Waals surface area contributed by atoms with E-state index in [4.69, 9.17) is 16.9 Å². The fourth-order valence-corrected chi connectivity index (χ4v) is 1.32. The summed E-state index contributed by atoms with van der Waals surface area (Å²) in [6.45, 7) is 4.18. The Labute approximate surface area is 88.8 Å². The highest BCUT2D eigenvalue weighted by atomic mass is 35.5. The summed E-state index contributed by atoms with van der Waals surface area (Å²) in [5.74, 6) is 0. The first-order valence-corrected chi connectivity index (χ1v) is 4.65. The third-order valence-electron chi connectivity index (χ3n) is 1.78. The molecule has 0 aliphatic carbocycles. The molecule has 1 unspecified atom stereocenters. The van der Waals surface area contributed by atoms with E-state index in [1.807, 2.05) is 12.1 Å². The number of rotatable bonds is 4. The number of nitriles is 1. The summed E-state index contributed by atoms with van der Waals surface area (Å²) in [4.78, 5) is 0. The van der Waals surface area contributed by atoms with Crippen molar-refractivity contribution >= 4 is 11.6 Å². The van der Waals surface area contributed by atoms with E-state index in [9.17, 15) is 0 Å². The Morgan fingerprint density at radius 2 is 2.43 bits per heavy atom. The van der Waals surface area contributed by atoms with Crippen LogP contribution >= 0.6 is 11.6 Å². The van der Waals surface area contributed by atoms with E-state index < -0.39 is 0 Å². The molecule has 0 radical (unpaired) electrons. The van der Waals surface area contributed by atoms with Crippen LogP contribution in [0.15, 0.2) is 36.9 Å². The first-order valence-electron chi connectivity index (χ1n) is 4.27. The zero-order chi connectivity index (χ0) is 10.4. The standard InChI is InChI=1S/C11H11ClN2/c1-2-6-14-11(8-13)9-4-3-5-10(12)7-9/h2-5,7,11,14H,1,6H2. The summed E-state index contributed by atoms with van der Waals surface area (Å²) in [5, 5.41) is 12.6. The molecule has 0 aromatic heterocycles. The van der Waals surface area contributed by atoms with Crippen LogP contribution in [0.4, 0.5) is 0 Å². The van der Waals surface area contributed by atoms with Gasteiger partial charge in [0.2, 0.25) is 0 Å². The fraction of sp³-hybridized carbons (Fsp3) is 0.182. The second-order valence-electron chi connectivity index (χ2n) is 2.81. The first-order chi connectivity index (χ1) is 6.77. The molecule has 0 saturated heterocycles. The first kappa shape index (κ1) is 10.8. The van der Waals surface area contributed by atoms with Crippen molar-refractivity contribution in [3.63, 3.8) is 0 Å². The Balaban J connectivity index is 2.79. The number of nitrogens with zero attached hydrogens (tertiary/aromatic N) is 1. The Bertz CT molecular complexity index is 355. The van der Waals surface area contributed by atoms with Crippen molar-refractivity contribution in [1.82, 2.24) is 5.32 Å². The highest BCUT2D eigenvalue weighted by molar-refractivity contribution is 6.30. The molecule has 0 aliphatic heterocycles. The molecule has 14 heavy (non-hydrogen) atoms. The molecule has 0 spiro atoms. The molecule has 1 aromatic rings. The Morgan fingerprint density at radius 3 is 3.00 bits per heavy atom. The van der Waals surface area contributed by atoms with Crippen molar-refractivity contribution < 1.29 is 0 Å². The molecule has 0 amide bonds. The van der Waals surface area contributed by atoms with E-state index in [0.29, 0.717) is 11.6 Å². The number of halogens is 1. The number of hydrogen-bond donors (Lipinski definition) is 1. The zero-order valence-electron chi connectivity index (χ0n) is 7.70. The molecular formula is C11H11ClN2. The van der Waals surface area contributed by atoms with Crippen LogP contribution in [0, 0.1) is 11.3 Å². The smallest absolute Gasteiger partial charge is 0.121 e. The summed E-state index contributed by atoms with van der Waals surface area (Å²) in [7, 11) is 0. The van der Waals surface area contributed by atoms with Crippen molar-refractivity contribution in [2.24, 2.45) is 0 Å². The molecule has 0 bridgehead atoms. The highest BCUT2D eigenvalue weighted by Gasteiger charge is 2.08. The van der Waals surface area contributed by atoms with Crippen molar-refractivity contribution in [3.05, 3.63) is 47.5 Å². The van der Waals surface area contributed by atoms with Crippen molar-refractivity contribution in [2.75, 3.05) is 6.54 Å². The lowest BCUT2D eigenvalue weighted by atomic mass is 10.1. The lowest BCUT2D eigenvalue weighted by Gasteiger charge is -2.09. The molecular weight excluding hydrogens is 196 g/mol. The van der Waals surface area contributed by atoms with Crippen molar-refractivity contribution in [2.45, 2.75) is 6.04 Å². The maximum Gasteiger partial charge on any atom is 0.121 e. The van der Waals surface area contributed by atoms with Gasteiger partial charge < -0.3 is 0 Å². The van der Waals surface area contributed by atoms with Crippen LogP contribution in [-0.2, 0) is 0 Å². The molecule has 0 saturated carbocycles. The van der Waals surface area contributed by atoms with E-state index in [2.05, 4.69) is 18.0 Å². The average molecular weight is 207 g/mol. The van der Waals surface area contributed by atoms with Crippen molar-refractivity contribution in [1.29, 1.82) is 5.26 Å². The van der Waals surface area contributed by atoms with Crippen LogP contribution in [0.2, 0.25) is 5.02 Å². The van der Waals surface area contributed by atoms with Gasteiger partial charge in [0.1, 0.15) is 6.04 Å². The monoisotopic (exact) mass is 206 g/mol. The summed E-state index contributed by atoms with van der Waals surface area (Å²) in [6, 6.07) is 9.11. The van der Waals surface area contributed by atoms with E-state index in [-0.39, 0.29) is 6.04 Å². The highest BCUT2D eigenvalue weighted by Crippen LogP contribution is 2.16. The van der Waals surface area contributed by atoms with Gasteiger partial charge in [0.05, 0.1) is 6.07 Å². The van der Waals surface area contributed by atoms with E-state index >= 15 is 0 Å². The topological polar surface area (TPSA) is 35.8 Å². The van der Waals surface area contributed by atoms with E-state index in [0.717, 1.165) is 5.56 Å². The van der Waals surface area contributed by atoms with Crippen LogP contribution in [-0.4, -0.2) is 6.54 Å². The summed E-state index contributed by atoms with van der Waals surface area (Å²) >= 11 is 5.82. The van der Waals surface area contributed by atoms with Crippen LogP contribution in [0.5, 0.6) is 0 Å². The van der Waals surface area contributed by atoms with E-state index in [1.54, 1.807) is 18.2 Å². The lowest BCUT2D eigenvalue weighted by Crippen LogP contribution is -2.19. The molecule has 0 heterocycles. The molecule has 0 aliphatic rings. The second-order valence-corrected chi connectivity index (χ2v) is 3.25. The molecule has 1 aromatic carbocycles. The molecule has 72 valence electrons. The zero-order valence-corrected chi connectivity index (χ0v) is 8.46. The van der Waals surface area contributed by atoms with Crippen LogP contribution in [0.3, 0.4) is 0 Å². The molecule has 3 heteroatoms. The van der Waals surface area contributed by atoms with Gasteiger partial charge in [0, 0.05) is 11.6 Å². The van der Waals surface area contributed by atoms with Gasteiger partial charge in [-0.1, -0.05) is 29.8 Å². The maximum atomic E-state index is 8.91. The Hall–Kier alpha value is -1.30.